The van der Waals surface area contributed by atoms with Gasteiger partial charge in [0.25, 0.3) is 0 Å². The molecule has 0 saturated carbocycles. The number of aliphatic hydroxyl groups is 1. The molecule has 1 rings (SSSR count). The second-order valence-electron chi connectivity index (χ2n) is 3.86. The number of aliphatic carboxylic acids is 1. The van der Waals surface area contributed by atoms with Gasteiger partial charge in [-0.05, 0) is 13.8 Å². The molecule has 14 heavy (non-hydrogen) atoms. The quantitative estimate of drug-likeness (QED) is 0.744. The fourth-order valence-corrected chi connectivity index (χ4v) is 1.12. The molecule has 2 N–H and O–H groups in total. The molecular weight excluding hydrogens is 184 g/mol. The molecule has 1 atom stereocenters. The summed E-state index contributed by atoms with van der Waals surface area (Å²) in [5.41, 5.74) is -0.717. The maximum atomic E-state index is 10.9. The third-order valence-corrected chi connectivity index (χ3v) is 2.37. The number of carboxylic acid groups (broad SMARTS) is 1. The highest BCUT2D eigenvalue weighted by Crippen LogP contribution is 2.32. The normalized spacial score (nSPS) is 14.0. The van der Waals surface area contributed by atoms with E-state index in [1.165, 1.54) is 26.4 Å². The van der Waals surface area contributed by atoms with Crippen molar-refractivity contribution in [1.29, 1.82) is 0 Å². The van der Waals surface area contributed by atoms with E-state index >= 15 is 0 Å². The first-order valence-electron chi connectivity index (χ1n) is 4.25. The van der Waals surface area contributed by atoms with Crippen molar-refractivity contribution in [3.8, 4) is 0 Å². The van der Waals surface area contributed by atoms with Crippen molar-refractivity contribution in [2.75, 3.05) is 0 Å². The van der Waals surface area contributed by atoms with Crippen molar-refractivity contribution < 1.29 is 15.0 Å². The van der Waals surface area contributed by atoms with E-state index in [1.54, 1.807) is 11.6 Å². The molecule has 0 saturated heterocycles. The van der Waals surface area contributed by atoms with Crippen molar-refractivity contribution in [3.63, 3.8) is 0 Å². The molecule has 0 aliphatic rings. The van der Waals surface area contributed by atoms with E-state index in [0.29, 0.717) is 5.69 Å². The van der Waals surface area contributed by atoms with Gasteiger partial charge in [-0.2, -0.15) is 0 Å². The van der Waals surface area contributed by atoms with E-state index in [9.17, 15) is 9.90 Å². The zero-order valence-electron chi connectivity index (χ0n) is 8.43. The van der Waals surface area contributed by atoms with Crippen LogP contribution in [0.1, 0.15) is 25.6 Å². The van der Waals surface area contributed by atoms with Crippen LogP contribution in [-0.2, 0) is 11.8 Å². The highest BCUT2D eigenvalue weighted by atomic mass is 16.4. The summed E-state index contributed by atoms with van der Waals surface area (Å²) >= 11 is 0. The van der Waals surface area contributed by atoms with Gasteiger partial charge in [0, 0.05) is 7.05 Å². The molecule has 0 radical (unpaired) electrons. The number of imidazole rings is 1. The first-order chi connectivity index (χ1) is 6.37. The number of aromatic nitrogens is 2. The van der Waals surface area contributed by atoms with Crippen molar-refractivity contribution in [2.45, 2.75) is 20.0 Å². The Morgan fingerprint density at radius 3 is 2.57 bits per heavy atom. The maximum Gasteiger partial charge on any atom is 0.312 e. The fraction of sp³-hybridized carbons (Fsp3) is 0.556. The lowest BCUT2D eigenvalue weighted by atomic mass is 9.85. The second-order valence-corrected chi connectivity index (χ2v) is 3.86. The first-order valence-corrected chi connectivity index (χ1v) is 4.25. The van der Waals surface area contributed by atoms with Gasteiger partial charge in [0.15, 0.2) is 0 Å². The zero-order valence-corrected chi connectivity index (χ0v) is 8.43. The highest BCUT2D eigenvalue weighted by Gasteiger charge is 2.38. The van der Waals surface area contributed by atoms with E-state index in [2.05, 4.69) is 4.98 Å². The van der Waals surface area contributed by atoms with Crippen LogP contribution in [0.2, 0.25) is 0 Å². The summed E-state index contributed by atoms with van der Waals surface area (Å²) in [6.07, 6.45) is 1.93. The molecule has 5 nitrogen and oxygen atoms in total. The van der Waals surface area contributed by atoms with Crippen molar-refractivity contribution >= 4 is 5.97 Å². The Balaban J connectivity index is 3.02. The van der Waals surface area contributed by atoms with Crippen LogP contribution in [0.5, 0.6) is 0 Å². The van der Waals surface area contributed by atoms with Crippen molar-refractivity contribution in [1.82, 2.24) is 9.55 Å². The molecule has 0 fully saturated rings. The minimum Gasteiger partial charge on any atom is -0.481 e. The first kappa shape index (κ1) is 10.7. The zero-order chi connectivity index (χ0) is 10.9. The summed E-state index contributed by atoms with van der Waals surface area (Å²) < 4.78 is 1.61. The van der Waals surface area contributed by atoms with Crippen LogP contribution in [0, 0.1) is 5.41 Å². The summed E-state index contributed by atoms with van der Waals surface area (Å²) in [5, 5.41) is 18.8. The molecule has 0 aliphatic carbocycles. The fourth-order valence-electron chi connectivity index (χ4n) is 1.12. The van der Waals surface area contributed by atoms with Crippen LogP contribution in [0.25, 0.3) is 0 Å². The molecule has 78 valence electrons. The average molecular weight is 198 g/mol. The summed E-state index contributed by atoms with van der Waals surface area (Å²) in [7, 11) is 1.71. The second kappa shape index (κ2) is 3.42. The summed E-state index contributed by atoms with van der Waals surface area (Å²) in [6, 6.07) is 0. The van der Waals surface area contributed by atoms with E-state index in [-0.39, 0.29) is 0 Å². The maximum absolute atomic E-state index is 10.9. The average Bonchev–Trinajstić information content (AvgIpc) is 2.49. The van der Waals surface area contributed by atoms with Gasteiger partial charge in [-0.3, -0.25) is 4.79 Å². The highest BCUT2D eigenvalue weighted by molar-refractivity contribution is 5.74. The predicted octanol–water partition coefficient (Wildman–Crippen LogP) is 0.564. The molecule has 0 spiro atoms. The minimum atomic E-state index is -1.21. The number of nitrogens with zero attached hydrogens (tertiary/aromatic N) is 2. The Kier molecular flexibility index (Phi) is 2.62. The van der Waals surface area contributed by atoms with Crippen LogP contribution >= 0.6 is 0 Å². The van der Waals surface area contributed by atoms with E-state index in [0.717, 1.165) is 0 Å². The van der Waals surface area contributed by atoms with Crippen molar-refractivity contribution in [2.24, 2.45) is 12.5 Å². The Hall–Kier alpha value is -1.36. The van der Waals surface area contributed by atoms with Gasteiger partial charge in [0.1, 0.15) is 6.10 Å². The van der Waals surface area contributed by atoms with E-state index in [1.807, 2.05) is 0 Å². The smallest absolute Gasteiger partial charge is 0.312 e. The number of carbonyl (C=O) groups is 1. The molecule has 1 aromatic rings. The molecule has 1 aromatic heterocycles. The molecule has 0 aromatic carbocycles. The van der Waals surface area contributed by atoms with Crippen molar-refractivity contribution in [3.05, 3.63) is 18.2 Å². The number of hydrogen-bond acceptors (Lipinski definition) is 3. The molecule has 1 heterocycles. The van der Waals surface area contributed by atoms with E-state index < -0.39 is 17.5 Å². The van der Waals surface area contributed by atoms with Crippen LogP contribution in [0.3, 0.4) is 0 Å². The van der Waals surface area contributed by atoms with Gasteiger partial charge in [0.05, 0.1) is 23.6 Å². The number of aryl methyl sites for hydroxylation is 1. The minimum absolute atomic E-state index is 0.498. The Morgan fingerprint density at radius 2 is 2.21 bits per heavy atom. The SMILES string of the molecule is Cn1cncc1C(O)C(C)(C)C(=O)O. The van der Waals surface area contributed by atoms with Gasteiger partial charge in [-0.15, -0.1) is 0 Å². The number of carboxylic acids is 1. The largest absolute Gasteiger partial charge is 0.481 e. The summed E-state index contributed by atoms with van der Waals surface area (Å²) in [5.74, 6) is -1.04. The van der Waals surface area contributed by atoms with E-state index in [4.69, 9.17) is 5.11 Å². The van der Waals surface area contributed by atoms with Gasteiger partial charge in [-0.1, -0.05) is 0 Å². The van der Waals surface area contributed by atoms with Crippen LogP contribution < -0.4 is 0 Å². The van der Waals surface area contributed by atoms with Gasteiger partial charge in [0.2, 0.25) is 0 Å². The molecule has 0 aliphatic heterocycles. The number of aliphatic hydroxyl groups excluding tert-OH is 1. The van der Waals surface area contributed by atoms with Gasteiger partial charge < -0.3 is 14.8 Å². The number of hydrogen-bond donors (Lipinski definition) is 2. The number of rotatable bonds is 3. The predicted molar refractivity (Wildman–Crippen MR) is 49.6 cm³/mol. The summed E-state index contributed by atoms with van der Waals surface area (Å²) in [4.78, 5) is 14.7. The lowest BCUT2D eigenvalue weighted by molar-refractivity contribution is -0.154. The topological polar surface area (TPSA) is 75.3 Å². The third kappa shape index (κ3) is 1.63. The Bertz CT molecular complexity index is 344. The standard InChI is InChI=1S/C9H14N2O3/c1-9(2,8(13)14)7(12)6-4-10-5-11(6)3/h4-5,7,12H,1-3H3,(H,13,14). The van der Waals surface area contributed by atoms with Gasteiger partial charge in [-0.25, -0.2) is 4.98 Å². The van der Waals surface area contributed by atoms with Crippen LogP contribution in [0.15, 0.2) is 12.5 Å². The third-order valence-electron chi connectivity index (χ3n) is 2.37. The molecule has 1 unspecified atom stereocenters. The van der Waals surface area contributed by atoms with Crippen LogP contribution in [-0.4, -0.2) is 25.7 Å². The lowest BCUT2D eigenvalue weighted by Crippen LogP contribution is -2.32. The molecule has 0 bridgehead atoms. The Morgan fingerprint density at radius 1 is 1.64 bits per heavy atom. The monoisotopic (exact) mass is 198 g/mol. The molecule has 5 heteroatoms. The van der Waals surface area contributed by atoms with Crippen LogP contribution in [0.4, 0.5) is 0 Å². The Labute approximate surface area is 82.0 Å². The lowest BCUT2D eigenvalue weighted by Gasteiger charge is -2.25. The molecular formula is C9H14N2O3. The molecule has 0 amide bonds. The summed E-state index contributed by atoms with van der Waals surface area (Å²) in [6.45, 7) is 2.96. The van der Waals surface area contributed by atoms with Gasteiger partial charge >= 0.3 is 5.97 Å².